The number of aromatic nitrogens is 1. The minimum atomic E-state index is -0.310. The lowest BCUT2D eigenvalue weighted by molar-refractivity contribution is -0.129. The predicted octanol–water partition coefficient (Wildman–Crippen LogP) is 2.30. The minimum Gasteiger partial charge on any atom is -0.393 e. The van der Waals surface area contributed by atoms with Gasteiger partial charge in [-0.1, -0.05) is 0 Å². The molecule has 1 saturated heterocycles. The maximum absolute atomic E-state index is 12.0. The van der Waals surface area contributed by atoms with Crippen LogP contribution in [0.1, 0.15) is 30.5 Å². The highest BCUT2D eigenvalue weighted by Gasteiger charge is 2.28. The van der Waals surface area contributed by atoms with Crippen LogP contribution in [-0.2, 0) is 10.5 Å². The smallest absolute Gasteiger partial charge is 0.223 e. The standard InChI is InChI=1S/C14H22N2O2S2/c1-10(17)12-3-5-16(7-12)14(18)4-6-19-8-13-9-20-11(2)15-13/h9-10,12,17H,3-8H2,1-2H3. The van der Waals surface area contributed by atoms with Gasteiger partial charge < -0.3 is 10.0 Å². The van der Waals surface area contributed by atoms with Crippen LogP contribution in [0.4, 0.5) is 0 Å². The van der Waals surface area contributed by atoms with Crippen LogP contribution in [0.2, 0.25) is 0 Å². The van der Waals surface area contributed by atoms with E-state index < -0.39 is 0 Å². The van der Waals surface area contributed by atoms with Gasteiger partial charge in [-0.3, -0.25) is 4.79 Å². The van der Waals surface area contributed by atoms with Gasteiger partial charge in [-0.25, -0.2) is 4.98 Å². The number of likely N-dealkylation sites (tertiary alicyclic amines) is 1. The van der Waals surface area contributed by atoms with Crippen molar-refractivity contribution < 1.29 is 9.90 Å². The molecule has 0 aliphatic carbocycles. The van der Waals surface area contributed by atoms with Gasteiger partial charge in [-0.15, -0.1) is 11.3 Å². The molecule has 6 heteroatoms. The molecule has 0 aromatic carbocycles. The Hall–Kier alpha value is -0.590. The molecule has 0 radical (unpaired) electrons. The quantitative estimate of drug-likeness (QED) is 0.819. The fourth-order valence-corrected chi connectivity index (χ4v) is 3.91. The van der Waals surface area contributed by atoms with E-state index in [4.69, 9.17) is 0 Å². The van der Waals surface area contributed by atoms with Gasteiger partial charge in [0.2, 0.25) is 5.91 Å². The van der Waals surface area contributed by atoms with E-state index in [2.05, 4.69) is 10.4 Å². The summed E-state index contributed by atoms with van der Waals surface area (Å²) in [6, 6.07) is 0. The summed E-state index contributed by atoms with van der Waals surface area (Å²) < 4.78 is 0. The summed E-state index contributed by atoms with van der Waals surface area (Å²) in [4.78, 5) is 18.3. The highest BCUT2D eigenvalue weighted by molar-refractivity contribution is 7.98. The summed E-state index contributed by atoms with van der Waals surface area (Å²) in [5.41, 5.74) is 1.11. The third-order valence-corrected chi connectivity index (χ3v) is 5.45. The average Bonchev–Trinajstić information content (AvgIpc) is 3.03. The van der Waals surface area contributed by atoms with Crippen LogP contribution in [0.25, 0.3) is 0 Å². The van der Waals surface area contributed by atoms with Gasteiger partial charge in [0.15, 0.2) is 0 Å². The molecule has 2 unspecified atom stereocenters. The molecule has 2 heterocycles. The van der Waals surface area contributed by atoms with Crippen molar-refractivity contribution in [2.24, 2.45) is 5.92 Å². The van der Waals surface area contributed by atoms with Crippen molar-refractivity contribution >= 4 is 29.0 Å². The van der Waals surface area contributed by atoms with Crippen LogP contribution < -0.4 is 0 Å². The van der Waals surface area contributed by atoms with E-state index in [9.17, 15) is 9.90 Å². The maximum atomic E-state index is 12.0. The van der Waals surface area contributed by atoms with Crippen molar-refractivity contribution in [2.45, 2.75) is 38.5 Å². The third kappa shape index (κ3) is 4.46. The first-order valence-corrected chi connectivity index (χ1v) is 9.04. The molecule has 1 N–H and O–H groups in total. The van der Waals surface area contributed by atoms with Gasteiger partial charge in [-0.2, -0.15) is 11.8 Å². The summed E-state index contributed by atoms with van der Waals surface area (Å²) in [5, 5.41) is 12.7. The minimum absolute atomic E-state index is 0.218. The topological polar surface area (TPSA) is 53.4 Å². The molecule has 0 spiro atoms. The van der Waals surface area contributed by atoms with E-state index in [1.54, 1.807) is 23.1 Å². The number of carbonyl (C=O) groups is 1. The van der Waals surface area contributed by atoms with Crippen molar-refractivity contribution in [3.05, 3.63) is 16.1 Å². The molecule has 1 aromatic rings. The highest BCUT2D eigenvalue weighted by atomic mass is 32.2. The van der Waals surface area contributed by atoms with Gasteiger partial charge in [0.1, 0.15) is 0 Å². The molecule has 112 valence electrons. The summed E-state index contributed by atoms with van der Waals surface area (Å²) >= 11 is 3.43. The van der Waals surface area contributed by atoms with Crippen molar-refractivity contribution in [1.82, 2.24) is 9.88 Å². The molecule has 0 bridgehead atoms. The molecule has 0 saturated carbocycles. The molecule has 1 aliphatic heterocycles. The molecule has 1 amide bonds. The van der Waals surface area contributed by atoms with Crippen LogP contribution in [0.15, 0.2) is 5.38 Å². The zero-order chi connectivity index (χ0) is 14.5. The number of carbonyl (C=O) groups excluding carboxylic acids is 1. The lowest BCUT2D eigenvalue weighted by Gasteiger charge is -2.17. The van der Waals surface area contributed by atoms with E-state index in [1.165, 1.54) is 0 Å². The van der Waals surface area contributed by atoms with Crippen molar-refractivity contribution in [1.29, 1.82) is 0 Å². The molecule has 1 aliphatic rings. The van der Waals surface area contributed by atoms with E-state index >= 15 is 0 Å². The lowest BCUT2D eigenvalue weighted by atomic mass is 10.0. The first-order valence-electron chi connectivity index (χ1n) is 7.01. The Kier molecular flexibility index (Phi) is 5.86. The first-order chi connectivity index (χ1) is 9.56. The van der Waals surface area contributed by atoms with Gasteiger partial charge >= 0.3 is 0 Å². The fourth-order valence-electron chi connectivity index (χ4n) is 2.38. The second-order valence-corrected chi connectivity index (χ2v) is 7.46. The Morgan fingerprint density at radius 3 is 3.10 bits per heavy atom. The molecular weight excluding hydrogens is 292 g/mol. The highest BCUT2D eigenvalue weighted by Crippen LogP contribution is 2.21. The maximum Gasteiger partial charge on any atom is 0.223 e. The molecule has 20 heavy (non-hydrogen) atoms. The third-order valence-electron chi connectivity index (χ3n) is 3.64. The van der Waals surface area contributed by atoms with Gasteiger partial charge in [0.05, 0.1) is 16.8 Å². The van der Waals surface area contributed by atoms with Gasteiger partial charge in [0.25, 0.3) is 0 Å². The van der Waals surface area contributed by atoms with Crippen LogP contribution >= 0.6 is 23.1 Å². The summed E-state index contributed by atoms with van der Waals surface area (Å²) in [7, 11) is 0. The van der Waals surface area contributed by atoms with Crippen molar-refractivity contribution in [3.63, 3.8) is 0 Å². The molecule has 1 aromatic heterocycles. The van der Waals surface area contributed by atoms with E-state index in [1.807, 2.05) is 18.7 Å². The summed E-state index contributed by atoms with van der Waals surface area (Å²) in [5.74, 6) is 2.19. The number of thiazole rings is 1. The van der Waals surface area contributed by atoms with Crippen LogP contribution in [-0.4, -0.2) is 45.8 Å². The molecular formula is C14H22N2O2S2. The Bertz CT molecular complexity index is 448. The number of aliphatic hydroxyl groups excluding tert-OH is 1. The number of rotatable bonds is 6. The normalized spacial score (nSPS) is 20.4. The SMILES string of the molecule is Cc1nc(CSCCC(=O)N2CCC(C(C)O)C2)cs1. The Morgan fingerprint density at radius 2 is 2.50 bits per heavy atom. The summed E-state index contributed by atoms with van der Waals surface area (Å²) in [6.45, 7) is 5.33. The number of hydrogen-bond acceptors (Lipinski definition) is 5. The average molecular weight is 314 g/mol. The number of aliphatic hydroxyl groups is 1. The van der Waals surface area contributed by atoms with Gasteiger partial charge in [-0.05, 0) is 20.3 Å². The fraction of sp³-hybridized carbons (Fsp3) is 0.714. The molecule has 1 fully saturated rings. The van der Waals surface area contributed by atoms with E-state index in [0.717, 1.165) is 35.2 Å². The molecule has 2 atom stereocenters. The zero-order valence-corrected chi connectivity index (χ0v) is 13.7. The van der Waals surface area contributed by atoms with E-state index in [0.29, 0.717) is 13.0 Å². The van der Waals surface area contributed by atoms with Crippen LogP contribution in [0.5, 0.6) is 0 Å². The summed E-state index contributed by atoms with van der Waals surface area (Å²) in [6.07, 6.45) is 1.20. The van der Waals surface area contributed by atoms with Crippen molar-refractivity contribution in [3.8, 4) is 0 Å². The Balaban J connectivity index is 1.63. The second-order valence-electron chi connectivity index (χ2n) is 5.29. The number of nitrogens with zero attached hydrogens (tertiary/aromatic N) is 2. The monoisotopic (exact) mass is 314 g/mol. The second kappa shape index (κ2) is 7.43. The molecule has 2 rings (SSSR count). The number of amides is 1. The Labute approximate surface area is 128 Å². The van der Waals surface area contributed by atoms with E-state index in [-0.39, 0.29) is 17.9 Å². The number of hydrogen-bond donors (Lipinski definition) is 1. The predicted molar refractivity (Wildman–Crippen MR) is 84.0 cm³/mol. The van der Waals surface area contributed by atoms with Crippen LogP contribution in [0.3, 0.4) is 0 Å². The van der Waals surface area contributed by atoms with Gasteiger partial charge in [0, 0.05) is 42.3 Å². The Morgan fingerprint density at radius 1 is 1.70 bits per heavy atom. The zero-order valence-electron chi connectivity index (χ0n) is 12.0. The number of aryl methyl sites for hydroxylation is 1. The van der Waals surface area contributed by atoms with Crippen molar-refractivity contribution in [2.75, 3.05) is 18.8 Å². The lowest BCUT2D eigenvalue weighted by Crippen LogP contribution is -2.30. The first kappa shape index (κ1) is 15.8. The largest absolute Gasteiger partial charge is 0.393 e. The molecule has 4 nitrogen and oxygen atoms in total. The van der Waals surface area contributed by atoms with Crippen LogP contribution in [0, 0.1) is 12.8 Å². The number of thioether (sulfide) groups is 1.